The molecule has 3 rings (SSSR count). The largest absolute Gasteiger partial charge is 0.348 e. The van der Waals surface area contributed by atoms with Gasteiger partial charge in [0.25, 0.3) is 0 Å². The van der Waals surface area contributed by atoms with E-state index >= 15 is 0 Å². The lowest BCUT2D eigenvalue weighted by molar-refractivity contribution is 0.736. The second-order valence-electron chi connectivity index (χ2n) is 4.07. The molecule has 0 saturated heterocycles. The molecule has 0 amide bonds. The number of H-pyrrole nitrogens is 1. The van der Waals surface area contributed by atoms with E-state index in [9.17, 15) is 0 Å². The van der Waals surface area contributed by atoms with Gasteiger partial charge in [0.15, 0.2) is 0 Å². The van der Waals surface area contributed by atoms with Gasteiger partial charge in [-0.25, -0.2) is 4.98 Å². The van der Waals surface area contributed by atoms with Crippen LogP contribution in [0.1, 0.15) is 0 Å². The van der Waals surface area contributed by atoms with Gasteiger partial charge < -0.3 is 20.6 Å². The highest BCUT2D eigenvalue weighted by Gasteiger charge is 2.09. The van der Waals surface area contributed by atoms with E-state index in [0.717, 1.165) is 29.3 Å². The van der Waals surface area contributed by atoms with Crippen LogP contribution in [0.15, 0.2) is 42.6 Å². The Balaban J connectivity index is 2.06. The van der Waals surface area contributed by atoms with Crippen molar-refractivity contribution in [3.05, 3.63) is 42.6 Å². The van der Waals surface area contributed by atoms with E-state index in [1.54, 1.807) is 0 Å². The number of para-hydroxylation sites is 2. The van der Waals surface area contributed by atoms with Gasteiger partial charge in [-0.3, -0.25) is 0 Å². The normalized spacial score (nSPS) is 10.9. The number of aromatic amines is 1. The molecule has 0 aliphatic carbocycles. The van der Waals surface area contributed by atoms with Crippen LogP contribution >= 0.6 is 0 Å². The van der Waals surface area contributed by atoms with Gasteiger partial charge in [0.05, 0.1) is 11.0 Å². The first-order chi connectivity index (χ1) is 8.88. The number of rotatable bonds is 4. The monoisotopic (exact) mass is 241 g/mol. The summed E-state index contributed by atoms with van der Waals surface area (Å²) in [6.45, 7) is 1.32. The number of nitrogens with one attached hydrogen (secondary N) is 2. The molecule has 0 unspecified atom stereocenters. The number of fused-ring (bicyclic) bond motifs is 1. The molecule has 1 aromatic carbocycles. The van der Waals surface area contributed by atoms with Gasteiger partial charge in [0.2, 0.25) is 5.95 Å². The van der Waals surface area contributed by atoms with E-state index in [1.165, 1.54) is 0 Å². The van der Waals surface area contributed by atoms with Crippen molar-refractivity contribution in [3.8, 4) is 0 Å². The summed E-state index contributed by atoms with van der Waals surface area (Å²) in [5.41, 5.74) is 7.74. The zero-order chi connectivity index (χ0) is 12.4. The van der Waals surface area contributed by atoms with E-state index in [4.69, 9.17) is 5.73 Å². The quantitative estimate of drug-likeness (QED) is 0.654. The molecule has 0 saturated carbocycles. The fraction of sp³-hybridized carbons (Fsp3) is 0.154. The number of aromatic nitrogens is 3. The molecule has 4 N–H and O–H groups in total. The third kappa shape index (κ3) is 1.84. The maximum atomic E-state index is 5.67. The van der Waals surface area contributed by atoms with Crippen molar-refractivity contribution in [1.82, 2.24) is 14.5 Å². The van der Waals surface area contributed by atoms with Crippen LogP contribution in [0.25, 0.3) is 11.0 Å². The van der Waals surface area contributed by atoms with E-state index in [0.29, 0.717) is 6.54 Å². The molecule has 5 nitrogen and oxygen atoms in total. The summed E-state index contributed by atoms with van der Waals surface area (Å²) in [6, 6.07) is 12.0. The van der Waals surface area contributed by atoms with Crippen LogP contribution in [-0.2, 0) is 6.54 Å². The molecule has 0 aliphatic heterocycles. The number of nitrogens with zero attached hydrogens (tertiary/aromatic N) is 2. The molecular weight excluding hydrogens is 226 g/mol. The average Bonchev–Trinajstić information content (AvgIpc) is 3.00. The summed E-state index contributed by atoms with van der Waals surface area (Å²) < 4.78 is 2.09. The van der Waals surface area contributed by atoms with Gasteiger partial charge >= 0.3 is 0 Å². The Kier molecular flexibility index (Phi) is 2.74. The zero-order valence-corrected chi connectivity index (χ0v) is 9.93. The molecule has 92 valence electrons. The van der Waals surface area contributed by atoms with E-state index in [2.05, 4.69) is 25.9 Å². The molecule has 0 radical (unpaired) electrons. The second-order valence-corrected chi connectivity index (χ2v) is 4.07. The lowest BCUT2D eigenvalue weighted by Gasteiger charge is -2.08. The van der Waals surface area contributed by atoms with E-state index < -0.39 is 0 Å². The third-order valence-electron chi connectivity index (χ3n) is 2.85. The van der Waals surface area contributed by atoms with Crippen molar-refractivity contribution in [2.45, 2.75) is 6.54 Å². The van der Waals surface area contributed by atoms with Gasteiger partial charge in [-0.2, -0.15) is 0 Å². The first kappa shape index (κ1) is 10.9. The summed E-state index contributed by atoms with van der Waals surface area (Å²) in [6.07, 6.45) is 1.87. The molecule has 5 heteroatoms. The first-order valence-corrected chi connectivity index (χ1v) is 5.94. The number of benzene rings is 1. The third-order valence-corrected chi connectivity index (χ3v) is 2.85. The standard InChI is InChI=1S/C13H15N5/c14-7-9-18-11-5-2-1-4-10(11)16-13(18)17-12-6-3-8-15-12/h1-6,8,15H,7,9,14H2,(H,16,17). The van der Waals surface area contributed by atoms with Crippen molar-refractivity contribution in [3.63, 3.8) is 0 Å². The summed E-state index contributed by atoms with van der Waals surface area (Å²) in [5, 5.41) is 3.27. The first-order valence-electron chi connectivity index (χ1n) is 5.94. The van der Waals surface area contributed by atoms with Crippen LogP contribution in [-0.4, -0.2) is 21.1 Å². The highest BCUT2D eigenvalue weighted by atomic mass is 15.2. The Bertz CT molecular complexity index is 639. The van der Waals surface area contributed by atoms with Crippen LogP contribution < -0.4 is 11.1 Å². The van der Waals surface area contributed by atoms with Crippen LogP contribution in [0.2, 0.25) is 0 Å². The van der Waals surface area contributed by atoms with Crippen LogP contribution in [0.3, 0.4) is 0 Å². The molecule has 0 fully saturated rings. The molecule has 0 bridgehead atoms. The highest BCUT2D eigenvalue weighted by molar-refractivity contribution is 5.79. The highest BCUT2D eigenvalue weighted by Crippen LogP contribution is 2.21. The molecule has 0 aliphatic rings. The minimum absolute atomic E-state index is 0.583. The van der Waals surface area contributed by atoms with Gasteiger partial charge in [0, 0.05) is 19.3 Å². The lowest BCUT2D eigenvalue weighted by atomic mass is 10.3. The van der Waals surface area contributed by atoms with Crippen LogP contribution in [0, 0.1) is 0 Å². The summed E-state index contributed by atoms with van der Waals surface area (Å²) >= 11 is 0. The molecule has 2 aromatic heterocycles. The summed E-state index contributed by atoms with van der Waals surface area (Å²) in [5.74, 6) is 1.73. The topological polar surface area (TPSA) is 71.7 Å². The minimum atomic E-state index is 0.583. The lowest BCUT2D eigenvalue weighted by Crippen LogP contribution is -2.12. The van der Waals surface area contributed by atoms with E-state index in [-0.39, 0.29) is 0 Å². The summed E-state index contributed by atoms with van der Waals surface area (Å²) in [7, 11) is 0. The van der Waals surface area contributed by atoms with Gasteiger partial charge in [-0.1, -0.05) is 12.1 Å². The maximum Gasteiger partial charge on any atom is 0.209 e. The Morgan fingerprint density at radius 2 is 2.11 bits per heavy atom. The molecule has 2 heterocycles. The Morgan fingerprint density at radius 3 is 2.89 bits per heavy atom. The molecule has 0 spiro atoms. The number of imidazole rings is 1. The fourth-order valence-electron chi connectivity index (χ4n) is 2.05. The van der Waals surface area contributed by atoms with Gasteiger partial charge in [0.1, 0.15) is 5.82 Å². The summed E-state index contributed by atoms with van der Waals surface area (Å²) in [4.78, 5) is 7.69. The zero-order valence-electron chi connectivity index (χ0n) is 9.93. The van der Waals surface area contributed by atoms with E-state index in [1.807, 2.05) is 36.5 Å². The Hall–Kier alpha value is -2.27. The predicted octanol–water partition coefficient (Wildman–Crippen LogP) is 2.07. The molecule has 0 atom stereocenters. The smallest absolute Gasteiger partial charge is 0.209 e. The van der Waals surface area contributed by atoms with Crippen molar-refractivity contribution in [2.75, 3.05) is 11.9 Å². The predicted molar refractivity (Wildman–Crippen MR) is 72.9 cm³/mol. The van der Waals surface area contributed by atoms with Crippen LogP contribution in [0.5, 0.6) is 0 Å². The molecule has 3 aromatic rings. The van der Waals surface area contributed by atoms with Gasteiger partial charge in [-0.15, -0.1) is 0 Å². The van der Waals surface area contributed by atoms with Crippen molar-refractivity contribution < 1.29 is 0 Å². The molecular formula is C13H15N5. The maximum absolute atomic E-state index is 5.67. The van der Waals surface area contributed by atoms with Crippen molar-refractivity contribution in [1.29, 1.82) is 0 Å². The Labute approximate surface area is 105 Å². The number of nitrogens with two attached hydrogens (primary N) is 1. The number of hydrogen-bond acceptors (Lipinski definition) is 3. The van der Waals surface area contributed by atoms with Gasteiger partial charge in [-0.05, 0) is 24.3 Å². The Morgan fingerprint density at radius 1 is 1.22 bits per heavy atom. The second kappa shape index (κ2) is 4.54. The SMILES string of the molecule is NCCn1c(Nc2ccc[nH]2)nc2ccccc21. The number of anilines is 2. The average molecular weight is 241 g/mol. The van der Waals surface area contributed by atoms with Crippen molar-refractivity contribution >= 4 is 22.8 Å². The minimum Gasteiger partial charge on any atom is -0.348 e. The number of hydrogen-bond donors (Lipinski definition) is 3. The van der Waals surface area contributed by atoms with Crippen LogP contribution in [0.4, 0.5) is 11.8 Å². The van der Waals surface area contributed by atoms with Crippen molar-refractivity contribution in [2.24, 2.45) is 5.73 Å². The molecule has 18 heavy (non-hydrogen) atoms. The fourth-order valence-corrected chi connectivity index (χ4v) is 2.05.